The number of aryl methyl sites for hydroxylation is 2. The molecule has 0 spiro atoms. The van der Waals surface area contributed by atoms with Crippen molar-refractivity contribution >= 4 is 0 Å². The maximum absolute atomic E-state index is 5.73. The molecular formula is C17H24O. The van der Waals surface area contributed by atoms with Gasteiger partial charge >= 0.3 is 0 Å². The summed E-state index contributed by atoms with van der Waals surface area (Å²) in [6.45, 7) is 2.05. The number of hydrogen-bond acceptors (Lipinski definition) is 1. The summed E-state index contributed by atoms with van der Waals surface area (Å²) in [7, 11) is 0. The van der Waals surface area contributed by atoms with Crippen LogP contribution in [0.2, 0.25) is 0 Å². The lowest BCUT2D eigenvalue weighted by Crippen LogP contribution is -2.45. The van der Waals surface area contributed by atoms with Crippen LogP contribution in [0.25, 0.3) is 0 Å². The normalized spacial score (nSPS) is 41.5. The Bertz CT molecular complexity index is 403. The Morgan fingerprint density at radius 1 is 1.00 bits per heavy atom. The molecule has 1 nitrogen and oxygen atoms in total. The van der Waals surface area contributed by atoms with Gasteiger partial charge < -0.3 is 4.42 Å². The second-order valence-corrected chi connectivity index (χ2v) is 7.15. The molecule has 0 amide bonds. The minimum Gasteiger partial charge on any atom is -0.466 e. The average Bonchev–Trinajstić information content (AvgIpc) is 2.73. The fourth-order valence-electron chi connectivity index (χ4n) is 5.44. The van der Waals surface area contributed by atoms with E-state index in [4.69, 9.17) is 4.42 Å². The predicted molar refractivity (Wildman–Crippen MR) is 72.3 cm³/mol. The molecule has 0 unspecified atom stereocenters. The van der Waals surface area contributed by atoms with Crippen LogP contribution in [0, 0.1) is 36.5 Å². The quantitative estimate of drug-likeness (QED) is 0.757. The highest BCUT2D eigenvalue weighted by Crippen LogP contribution is 2.57. The molecular weight excluding hydrogens is 220 g/mol. The van der Waals surface area contributed by atoms with Crippen LogP contribution in [0.1, 0.15) is 50.0 Å². The average molecular weight is 244 g/mol. The maximum Gasteiger partial charge on any atom is 0.104 e. The fraction of sp³-hybridized carbons (Fsp3) is 0.765. The van der Waals surface area contributed by atoms with Crippen molar-refractivity contribution in [1.29, 1.82) is 0 Å². The van der Waals surface area contributed by atoms with Gasteiger partial charge in [-0.1, -0.05) is 0 Å². The van der Waals surface area contributed by atoms with Crippen molar-refractivity contribution in [2.75, 3.05) is 0 Å². The van der Waals surface area contributed by atoms with Crippen LogP contribution in [-0.4, -0.2) is 0 Å². The highest BCUT2D eigenvalue weighted by Gasteiger charge is 2.47. The van der Waals surface area contributed by atoms with Crippen molar-refractivity contribution in [2.45, 2.75) is 51.9 Å². The molecule has 1 heteroatoms. The standard InChI is InChI=1S/C17H24O/c1-11-2-3-16(18-11)4-5-17-14-7-12-6-13(9-14)10-15(17)8-12/h2-3,12-15,17H,4-10H2,1H3. The van der Waals surface area contributed by atoms with Gasteiger partial charge in [0.2, 0.25) is 0 Å². The van der Waals surface area contributed by atoms with Crippen LogP contribution in [-0.2, 0) is 6.42 Å². The zero-order chi connectivity index (χ0) is 12.1. The summed E-state index contributed by atoms with van der Waals surface area (Å²) in [6, 6.07) is 4.28. The molecule has 4 aliphatic carbocycles. The van der Waals surface area contributed by atoms with Gasteiger partial charge in [-0.15, -0.1) is 0 Å². The molecule has 4 saturated carbocycles. The van der Waals surface area contributed by atoms with E-state index in [1.54, 1.807) is 32.1 Å². The van der Waals surface area contributed by atoms with Gasteiger partial charge in [-0.05, 0) is 87.2 Å². The molecule has 4 fully saturated rings. The molecule has 18 heavy (non-hydrogen) atoms. The molecule has 0 saturated heterocycles. The van der Waals surface area contributed by atoms with E-state index in [0.29, 0.717) is 0 Å². The summed E-state index contributed by atoms with van der Waals surface area (Å²) in [5, 5.41) is 0. The zero-order valence-electron chi connectivity index (χ0n) is 11.4. The summed E-state index contributed by atoms with van der Waals surface area (Å²) in [6.07, 6.45) is 10.3. The Morgan fingerprint density at radius 2 is 1.67 bits per heavy atom. The molecule has 4 bridgehead atoms. The van der Waals surface area contributed by atoms with Gasteiger partial charge in [0.15, 0.2) is 0 Å². The number of furan rings is 1. The lowest BCUT2D eigenvalue weighted by Gasteiger charge is -2.54. The maximum atomic E-state index is 5.73. The first-order chi connectivity index (χ1) is 8.78. The highest BCUT2D eigenvalue weighted by molar-refractivity contribution is 5.06. The predicted octanol–water partition coefficient (Wildman–Crippen LogP) is 4.59. The van der Waals surface area contributed by atoms with Crippen molar-refractivity contribution in [1.82, 2.24) is 0 Å². The molecule has 5 rings (SSSR count). The van der Waals surface area contributed by atoms with Gasteiger partial charge in [-0.25, -0.2) is 0 Å². The van der Waals surface area contributed by atoms with Gasteiger partial charge in [0.25, 0.3) is 0 Å². The molecule has 1 aromatic rings. The van der Waals surface area contributed by atoms with Gasteiger partial charge in [0.1, 0.15) is 11.5 Å². The Morgan fingerprint density at radius 3 is 2.22 bits per heavy atom. The third kappa shape index (κ3) is 1.83. The van der Waals surface area contributed by atoms with Crippen LogP contribution in [0.4, 0.5) is 0 Å². The van der Waals surface area contributed by atoms with E-state index in [0.717, 1.165) is 35.3 Å². The minimum absolute atomic E-state index is 1.02. The molecule has 0 aliphatic heterocycles. The van der Waals surface area contributed by atoms with E-state index in [1.807, 2.05) is 6.92 Å². The Hall–Kier alpha value is -0.720. The van der Waals surface area contributed by atoms with Gasteiger partial charge in [-0.3, -0.25) is 0 Å². The molecule has 4 aliphatic rings. The molecule has 1 aromatic heterocycles. The third-order valence-electron chi connectivity index (χ3n) is 5.94. The fourth-order valence-corrected chi connectivity index (χ4v) is 5.44. The van der Waals surface area contributed by atoms with Crippen LogP contribution < -0.4 is 0 Å². The largest absolute Gasteiger partial charge is 0.466 e. The van der Waals surface area contributed by atoms with E-state index < -0.39 is 0 Å². The van der Waals surface area contributed by atoms with Crippen LogP contribution in [0.3, 0.4) is 0 Å². The van der Waals surface area contributed by atoms with E-state index >= 15 is 0 Å². The molecule has 1 heterocycles. The second kappa shape index (κ2) is 4.15. The molecule has 0 N–H and O–H groups in total. The van der Waals surface area contributed by atoms with Crippen LogP contribution in [0.15, 0.2) is 16.5 Å². The smallest absolute Gasteiger partial charge is 0.104 e. The van der Waals surface area contributed by atoms with E-state index in [9.17, 15) is 0 Å². The number of hydrogen-bond donors (Lipinski definition) is 0. The first kappa shape index (κ1) is 11.1. The summed E-state index contributed by atoms with van der Waals surface area (Å²) in [5.41, 5.74) is 0. The van der Waals surface area contributed by atoms with E-state index in [-0.39, 0.29) is 0 Å². The minimum atomic E-state index is 1.02. The highest BCUT2D eigenvalue weighted by atomic mass is 16.3. The third-order valence-corrected chi connectivity index (χ3v) is 5.94. The van der Waals surface area contributed by atoms with Crippen molar-refractivity contribution in [2.24, 2.45) is 29.6 Å². The summed E-state index contributed by atoms with van der Waals surface area (Å²) < 4.78 is 5.73. The van der Waals surface area contributed by atoms with Crippen LogP contribution >= 0.6 is 0 Å². The first-order valence-corrected chi connectivity index (χ1v) is 7.83. The summed E-state index contributed by atoms with van der Waals surface area (Å²) in [4.78, 5) is 0. The topological polar surface area (TPSA) is 13.1 Å². The van der Waals surface area contributed by atoms with Crippen molar-refractivity contribution < 1.29 is 4.42 Å². The Balaban J connectivity index is 1.43. The monoisotopic (exact) mass is 244 g/mol. The van der Waals surface area contributed by atoms with E-state index in [2.05, 4.69) is 12.1 Å². The molecule has 0 radical (unpaired) electrons. The van der Waals surface area contributed by atoms with Gasteiger partial charge in [0.05, 0.1) is 0 Å². The SMILES string of the molecule is Cc1ccc(CCC2C3CC4CC(C3)CC2C4)o1. The first-order valence-electron chi connectivity index (χ1n) is 7.83. The Kier molecular flexibility index (Phi) is 2.56. The van der Waals surface area contributed by atoms with Crippen molar-refractivity contribution in [3.63, 3.8) is 0 Å². The lowest BCUT2D eigenvalue weighted by atomic mass is 9.51. The van der Waals surface area contributed by atoms with Gasteiger partial charge in [-0.2, -0.15) is 0 Å². The van der Waals surface area contributed by atoms with Crippen molar-refractivity contribution in [3.8, 4) is 0 Å². The van der Waals surface area contributed by atoms with Crippen molar-refractivity contribution in [3.05, 3.63) is 23.7 Å². The Labute approximate surface area is 110 Å². The second-order valence-electron chi connectivity index (χ2n) is 7.15. The van der Waals surface area contributed by atoms with Crippen LogP contribution in [0.5, 0.6) is 0 Å². The van der Waals surface area contributed by atoms with Gasteiger partial charge in [0, 0.05) is 6.42 Å². The zero-order valence-corrected chi connectivity index (χ0v) is 11.4. The lowest BCUT2D eigenvalue weighted by molar-refractivity contribution is -0.0398. The molecule has 0 atom stereocenters. The summed E-state index contributed by atoms with van der Waals surface area (Å²) >= 11 is 0. The summed E-state index contributed by atoms with van der Waals surface area (Å²) in [5.74, 6) is 7.64. The van der Waals surface area contributed by atoms with E-state index in [1.165, 1.54) is 18.6 Å². The molecule has 0 aromatic carbocycles. The molecule has 98 valence electrons. The number of rotatable bonds is 3.